The summed E-state index contributed by atoms with van der Waals surface area (Å²) < 4.78 is 0. The van der Waals surface area contributed by atoms with Crippen LogP contribution in [0.2, 0.25) is 0 Å². The van der Waals surface area contributed by atoms with Gasteiger partial charge in [0.15, 0.2) is 5.78 Å². The quantitative estimate of drug-likeness (QED) is 0.181. The number of carbonyl (C=O) groups excluding carboxylic acids is 1. The van der Waals surface area contributed by atoms with Gasteiger partial charge in [-0.15, -0.1) is 0 Å². The average Bonchev–Trinajstić information content (AvgIpc) is 3.28. The lowest BCUT2D eigenvalue weighted by atomic mass is 9.54. The maximum atomic E-state index is 15.2. The van der Waals surface area contributed by atoms with Crippen LogP contribution in [0.5, 0.6) is 0 Å². The highest BCUT2D eigenvalue weighted by Crippen LogP contribution is 2.62. The molecule has 44 heavy (non-hydrogen) atoms. The van der Waals surface area contributed by atoms with Gasteiger partial charge >= 0.3 is 0 Å². The van der Waals surface area contributed by atoms with Crippen molar-refractivity contribution >= 4 is 22.6 Å². The fourth-order valence-corrected chi connectivity index (χ4v) is 7.91. The van der Waals surface area contributed by atoms with Crippen molar-refractivity contribution in [1.82, 2.24) is 0 Å². The lowest BCUT2D eigenvalue weighted by molar-refractivity contribution is 0.0876. The van der Waals surface area contributed by atoms with Gasteiger partial charge in [-0.05, 0) is 65.0 Å². The molecule has 5 aromatic rings. The molecule has 0 bridgehead atoms. The molecular weight excluding hydrogens is 534 g/mol. The maximum absolute atomic E-state index is 15.2. The van der Waals surface area contributed by atoms with Crippen LogP contribution in [-0.4, -0.2) is 17.9 Å². The summed E-state index contributed by atoms with van der Waals surface area (Å²) in [6.07, 6.45) is 5.52. The lowest BCUT2D eigenvalue weighted by Crippen LogP contribution is -2.64. The zero-order chi connectivity index (χ0) is 30.1. The van der Waals surface area contributed by atoms with Gasteiger partial charge in [-0.25, -0.2) is 0 Å². The first-order valence-electron chi connectivity index (χ1n) is 15.6. The normalized spacial score (nSPS) is 22.3. The summed E-state index contributed by atoms with van der Waals surface area (Å²) >= 11 is 0. The number of hydrogen-bond acceptors (Lipinski definition) is 2. The van der Waals surface area contributed by atoms with Crippen LogP contribution < -0.4 is 4.90 Å². The minimum absolute atomic E-state index is 0.148. The topological polar surface area (TPSA) is 20.3 Å². The van der Waals surface area contributed by atoms with E-state index in [2.05, 4.69) is 140 Å². The second-order valence-corrected chi connectivity index (χ2v) is 12.2. The van der Waals surface area contributed by atoms with Crippen LogP contribution in [0.4, 0.5) is 5.69 Å². The molecule has 0 saturated carbocycles. The molecule has 0 saturated heterocycles. The van der Waals surface area contributed by atoms with E-state index in [0.717, 1.165) is 40.8 Å². The van der Waals surface area contributed by atoms with E-state index in [-0.39, 0.29) is 5.78 Å². The van der Waals surface area contributed by atoms with Gasteiger partial charge in [0.1, 0.15) is 0 Å². The third-order valence-electron chi connectivity index (χ3n) is 9.81. The number of nitrogens with zero attached hydrogens (tertiary/aromatic N) is 1. The monoisotopic (exact) mass is 571 g/mol. The molecule has 3 atom stereocenters. The fraction of sp³-hybridized carbons (Fsp3) is 0.167. The molecular formula is C42H37NO. The Kier molecular flexibility index (Phi) is 7.14. The SMILES string of the molecule is CCN1c2ccccc2C(C)(Cc2ccccc2)C12C=C(c1ccccc1)C=C(c1ccccc1)C2C(=O)c1ccccc1. The molecule has 7 rings (SSSR count). The predicted octanol–water partition coefficient (Wildman–Crippen LogP) is 9.45. The first kappa shape index (κ1) is 27.9. The molecule has 0 amide bonds. The van der Waals surface area contributed by atoms with Crippen molar-refractivity contribution in [1.29, 1.82) is 0 Å². The van der Waals surface area contributed by atoms with Crippen molar-refractivity contribution in [2.75, 3.05) is 11.4 Å². The number of Topliss-reactive ketones (excluding diaryl/α,β-unsaturated/α-hetero) is 1. The number of rotatable bonds is 7. The number of carbonyl (C=O) groups is 1. The third-order valence-corrected chi connectivity index (χ3v) is 9.81. The van der Waals surface area contributed by atoms with E-state index in [9.17, 15) is 0 Å². The Morgan fingerprint density at radius 3 is 1.86 bits per heavy atom. The largest absolute Gasteiger partial charge is 0.360 e. The molecule has 5 aromatic carbocycles. The van der Waals surface area contributed by atoms with Gasteiger partial charge in [0.2, 0.25) is 0 Å². The van der Waals surface area contributed by atoms with Gasteiger partial charge < -0.3 is 4.90 Å². The van der Waals surface area contributed by atoms with Crippen LogP contribution in [0.3, 0.4) is 0 Å². The number of hydrogen-bond donors (Lipinski definition) is 0. The summed E-state index contributed by atoms with van der Waals surface area (Å²) in [4.78, 5) is 17.8. The van der Waals surface area contributed by atoms with E-state index in [0.29, 0.717) is 0 Å². The van der Waals surface area contributed by atoms with Crippen LogP contribution >= 0.6 is 0 Å². The summed E-state index contributed by atoms with van der Waals surface area (Å²) in [5.74, 6) is -0.310. The summed E-state index contributed by atoms with van der Waals surface area (Å²) in [5, 5.41) is 0. The Morgan fingerprint density at radius 1 is 0.682 bits per heavy atom. The van der Waals surface area contributed by atoms with Crippen LogP contribution in [0.25, 0.3) is 11.1 Å². The summed E-state index contributed by atoms with van der Waals surface area (Å²) in [6.45, 7) is 5.39. The molecule has 216 valence electrons. The molecule has 1 spiro atoms. The Balaban J connectivity index is 1.59. The number of fused-ring (bicyclic) bond motifs is 1. The molecule has 0 N–H and O–H groups in total. The van der Waals surface area contributed by atoms with Crippen molar-refractivity contribution in [3.8, 4) is 0 Å². The first-order valence-corrected chi connectivity index (χ1v) is 15.6. The van der Waals surface area contributed by atoms with Crippen molar-refractivity contribution in [3.63, 3.8) is 0 Å². The van der Waals surface area contributed by atoms with Crippen molar-refractivity contribution in [2.45, 2.75) is 31.2 Å². The van der Waals surface area contributed by atoms with E-state index in [1.165, 1.54) is 16.8 Å². The lowest BCUT2D eigenvalue weighted by Gasteiger charge is -2.54. The number of para-hydroxylation sites is 1. The molecule has 0 radical (unpaired) electrons. The van der Waals surface area contributed by atoms with Gasteiger partial charge in [0.25, 0.3) is 0 Å². The van der Waals surface area contributed by atoms with E-state index < -0.39 is 16.9 Å². The minimum Gasteiger partial charge on any atom is -0.360 e. The standard InChI is InChI=1S/C42H37NO/c1-3-43-38-27-17-16-26-37(38)41(2,29-31-18-8-4-9-19-31)42(43)30-35(32-20-10-5-11-21-32)28-36(33-22-12-6-13-23-33)39(42)40(44)34-24-14-7-15-25-34/h4-28,30,39H,3,29H2,1-2H3. The number of likely N-dealkylation sites (N-methyl/N-ethyl adjacent to an activating group) is 1. The molecule has 1 aliphatic heterocycles. The average molecular weight is 572 g/mol. The Labute approximate surface area is 261 Å². The second kappa shape index (κ2) is 11.3. The van der Waals surface area contributed by atoms with Crippen LogP contribution in [0.15, 0.2) is 158 Å². The van der Waals surface area contributed by atoms with Crippen molar-refractivity contribution in [2.24, 2.45) is 5.92 Å². The van der Waals surface area contributed by atoms with Crippen LogP contribution in [-0.2, 0) is 11.8 Å². The van der Waals surface area contributed by atoms with Crippen LogP contribution in [0, 0.1) is 5.92 Å². The summed E-state index contributed by atoms with van der Waals surface area (Å²) in [5.41, 5.74) is 7.80. The summed E-state index contributed by atoms with van der Waals surface area (Å²) in [6, 6.07) is 50.7. The zero-order valence-corrected chi connectivity index (χ0v) is 25.4. The van der Waals surface area contributed by atoms with Gasteiger partial charge in [0.05, 0.1) is 11.5 Å². The number of allylic oxidation sites excluding steroid dienone is 2. The van der Waals surface area contributed by atoms with Crippen molar-refractivity contribution in [3.05, 3.63) is 186 Å². The molecule has 2 aliphatic rings. The Morgan fingerprint density at radius 2 is 1.23 bits per heavy atom. The smallest absolute Gasteiger partial charge is 0.173 e. The molecule has 0 fully saturated rings. The minimum atomic E-state index is -0.695. The molecule has 1 heterocycles. The molecule has 3 unspecified atom stereocenters. The van der Waals surface area contributed by atoms with E-state index in [1.54, 1.807) is 0 Å². The highest BCUT2D eigenvalue weighted by molar-refractivity contribution is 6.10. The van der Waals surface area contributed by atoms with Crippen molar-refractivity contribution < 1.29 is 4.79 Å². The maximum Gasteiger partial charge on any atom is 0.173 e. The second-order valence-electron chi connectivity index (χ2n) is 12.2. The molecule has 2 nitrogen and oxygen atoms in total. The highest BCUT2D eigenvalue weighted by atomic mass is 16.1. The van der Waals surface area contributed by atoms with E-state index >= 15 is 4.79 Å². The number of benzene rings is 5. The highest BCUT2D eigenvalue weighted by Gasteiger charge is 2.64. The molecule has 1 aliphatic carbocycles. The Bertz CT molecular complexity index is 1840. The number of ketones is 1. The predicted molar refractivity (Wildman–Crippen MR) is 183 cm³/mol. The molecule has 0 aromatic heterocycles. The van der Waals surface area contributed by atoms with Gasteiger partial charge in [-0.1, -0.05) is 146 Å². The van der Waals surface area contributed by atoms with Gasteiger partial charge in [0, 0.05) is 23.2 Å². The zero-order valence-electron chi connectivity index (χ0n) is 25.4. The van der Waals surface area contributed by atoms with E-state index in [1.807, 2.05) is 36.4 Å². The Hall–Kier alpha value is -4.95. The third kappa shape index (κ3) is 4.36. The molecule has 2 heteroatoms. The van der Waals surface area contributed by atoms with Gasteiger partial charge in [-0.3, -0.25) is 4.79 Å². The van der Waals surface area contributed by atoms with E-state index in [4.69, 9.17) is 0 Å². The number of anilines is 1. The first-order chi connectivity index (χ1) is 21.6. The van der Waals surface area contributed by atoms with Gasteiger partial charge in [-0.2, -0.15) is 0 Å². The summed E-state index contributed by atoms with van der Waals surface area (Å²) in [7, 11) is 0. The fourth-order valence-electron chi connectivity index (χ4n) is 7.91. The van der Waals surface area contributed by atoms with Crippen LogP contribution in [0.1, 0.15) is 46.5 Å².